The quantitative estimate of drug-likeness (QED) is 0.726. The van der Waals surface area contributed by atoms with Gasteiger partial charge in [0.2, 0.25) is 5.89 Å². The Balaban J connectivity index is 1.75. The van der Waals surface area contributed by atoms with Crippen LogP contribution >= 0.6 is 0 Å². The van der Waals surface area contributed by atoms with Crippen LogP contribution in [-0.2, 0) is 0 Å². The van der Waals surface area contributed by atoms with Crippen molar-refractivity contribution in [3.05, 3.63) is 48.0 Å². The smallest absolute Gasteiger partial charge is 0.322 e. The minimum absolute atomic E-state index is 0.00407. The SMILES string of the molecule is COc1ccc(-c2nnc(NC(=O)c3ccc(OC)c(OC)c3)o2)cc1. The summed E-state index contributed by atoms with van der Waals surface area (Å²) in [4.78, 5) is 12.4. The Kier molecular flexibility index (Phi) is 5.02. The minimum Gasteiger partial charge on any atom is -0.497 e. The Hall–Kier alpha value is -3.55. The summed E-state index contributed by atoms with van der Waals surface area (Å²) in [5.41, 5.74) is 1.08. The number of carbonyl (C=O) groups excluding carboxylic acids is 1. The molecule has 1 N–H and O–H groups in total. The van der Waals surface area contributed by atoms with E-state index in [1.54, 1.807) is 49.6 Å². The van der Waals surface area contributed by atoms with E-state index in [1.807, 2.05) is 0 Å². The van der Waals surface area contributed by atoms with Crippen molar-refractivity contribution >= 4 is 11.9 Å². The van der Waals surface area contributed by atoms with E-state index in [9.17, 15) is 4.79 Å². The number of ether oxygens (including phenoxy) is 3. The van der Waals surface area contributed by atoms with Crippen molar-refractivity contribution in [2.75, 3.05) is 26.6 Å². The van der Waals surface area contributed by atoms with Gasteiger partial charge in [0.15, 0.2) is 11.5 Å². The molecule has 0 aliphatic carbocycles. The lowest BCUT2D eigenvalue weighted by Crippen LogP contribution is -2.12. The standard InChI is InChI=1S/C18H17N3O5/c1-23-13-7-4-11(5-8-13)17-20-21-18(26-17)19-16(22)12-6-9-14(24-2)15(10-12)25-3/h4-10H,1-3H3,(H,19,21,22). The number of rotatable bonds is 6. The number of benzene rings is 2. The van der Waals surface area contributed by atoms with Crippen LogP contribution in [0.2, 0.25) is 0 Å². The Morgan fingerprint density at radius 1 is 0.923 bits per heavy atom. The van der Waals surface area contributed by atoms with Crippen LogP contribution in [0.4, 0.5) is 6.01 Å². The molecule has 0 aliphatic heterocycles. The van der Waals surface area contributed by atoms with Crippen LogP contribution in [0.5, 0.6) is 17.2 Å². The summed E-state index contributed by atoms with van der Waals surface area (Å²) in [5, 5.41) is 10.3. The Morgan fingerprint density at radius 2 is 1.65 bits per heavy atom. The Bertz CT molecular complexity index is 905. The molecule has 2 aromatic carbocycles. The van der Waals surface area contributed by atoms with E-state index >= 15 is 0 Å². The summed E-state index contributed by atoms with van der Waals surface area (Å²) < 4.78 is 20.9. The molecular formula is C18H17N3O5. The van der Waals surface area contributed by atoms with E-state index in [0.717, 1.165) is 5.75 Å². The molecule has 0 spiro atoms. The normalized spacial score (nSPS) is 10.3. The molecule has 1 aromatic heterocycles. The molecule has 0 saturated heterocycles. The van der Waals surface area contributed by atoms with Gasteiger partial charge in [0.25, 0.3) is 5.91 Å². The zero-order chi connectivity index (χ0) is 18.5. The molecule has 8 nitrogen and oxygen atoms in total. The highest BCUT2D eigenvalue weighted by Crippen LogP contribution is 2.28. The van der Waals surface area contributed by atoms with Crippen molar-refractivity contribution in [1.82, 2.24) is 10.2 Å². The summed E-state index contributed by atoms with van der Waals surface area (Å²) in [5.74, 6) is 1.58. The number of hydrogen-bond donors (Lipinski definition) is 1. The average molecular weight is 355 g/mol. The third-order valence-corrected chi connectivity index (χ3v) is 3.63. The number of nitrogens with one attached hydrogen (secondary N) is 1. The van der Waals surface area contributed by atoms with E-state index in [4.69, 9.17) is 18.6 Å². The van der Waals surface area contributed by atoms with Gasteiger partial charge in [0.05, 0.1) is 21.3 Å². The molecule has 0 atom stereocenters. The van der Waals surface area contributed by atoms with E-state index in [2.05, 4.69) is 15.5 Å². The van der Waals surface area contributed by atoms with Crippen LogP contribution in [0.15, 0.2) is 46.9 Å². The summed E-state index contributed by atoms with van der Waals surface area (Å²) >= 11 is 0. The number of carbonyl (C=O) groups is 1. The van der Waals surface area contributed by atoms with Crippen molar-refractivity contribution in [3.63, 3.8) is 0 Å². The molecule has 1 heterocycles. The van der Waals surface area contributed by atoms with Crippen molar-refractivity contribution in [2.24, 2.45) is 0 Å². The summed E-state index contributed by atoms with van der Waals surface area (Å²) in [6, 6.07) is 11.9. The fourth-order valence-corrected chi connectivity index (χ4v) is 2.27. The molecule has 8 heteroatoms. The second kappa shape index (κ2) is 7.56. The summed E-state index contributed by atoms with van der Waals surface area (Å²) in [6.45, 7) is 0. The topological polar surface area (TPSA) is 95.7 Å². The monoisotopic (exact) mass is 355 g/mol. The molecular weight excluding hydrogens is 338 g/mol. The lowest BCUT2D eigenvalue weighted by molar-refractivity contribution is 0.102. The van der Waals surface area contributed by atoms with Crippen molar-refractivity contribution in [2.45, 2.75) is 0 Å². The second-order valence-corrected chi connectivity index (χ2v) is 5.16. The van der Waals surface area contributed by atoms with Crippen molar-refractivity contribution in [3.8, 4) is 28.7 Å². The number of nitrogens with zero attached hydrogens (tertiary/aromatic N) is 2. The molecule has 0 unspecified atom stereocenters. The van der Waals surface area contributed by atoms with Gasteiger partial charge in [0.1, 0.15) is 5.75 Å². The largest absolute Gasteiger partial charge is 0.497 e. The van der Waals surface area contributed by atoms with Gasteiger partial charge in [-0.05, 0) is 42.5 Å². The zero-order valence-electron chi connectivity index (χ0n) is 14.5. The van der Waals surface area contributed by atoms with Gasteiger partial charge in [-0.25, -0.2) is 0 Å². The van der Waals surface area contributed by atoms with Crippen LogP contribution in [-0.4, -0.2) is 37.4 Å². The van der Waals surface area contributed by atoms with E-state index < -0.39 is 5.91 Å². The van der Waals surface area contributed by atoms with Crippen molar-refractivity contribution in [1.29, 1.82) is 0 Å². The maximum Gasteiger partial charge on any atom is 0.322 e. The first-order chi connectivity index (χ1) is 12.6. The van der Waals surface area contributed by atoms with Crippen LogP contribution in [0.3, 0.4) is 0 Å². The predicted octanol–water partition coefficient (Wildman–Crippen LogP) is 3.01. The lowest BCUT2D eigenvalue weighted by atomic mass is 10.2. The van der Waals surface area contributed by atoms with Gasteiger partial charge >= 0.3 is 6.01 Å². The minimum atomic E-state index is -0.407. The van der Waals surface area contributed by atoms with Gasteiger partial charge in [-0.15, -0.1) is 5.10 Å². The highest BCUT2D eigenvalue weighted by Gasteiger charge is 2.15. The molecule has 3 rings (SSSR count). The first-order valence-electron chi connectivity index (χ1n) is 7.66. The van der Waals surface area contributed by atoms with Gasteiger partial charge in [-0.3, -0.25) is 10.1 Å². The van der Waals surface area contributed by atoms with Crippen LogP contribution in [0, 0.1) is 0 Å². The summed E-state index contributed by atoms with van der Waals surface area (Å²) in [7, 11) is 4.61. The van der Waals surface area contributed by atoms with Crippen LogP contribution in [0.25, 0.3) is 11.5 Å². The molecule has 1 amide bonds. The van der Waals surface area contributed by atoms with E-state index in [0.29, 0.717) is 22.6 Å². The Labute approximate surface area is 149 Å². The fraction of sp³-hybridized carbons (Fsp3) is 0.167. The first kappa shape index (κ1) is 17.3. The maximum absolute atomic E-state index is 12.4. The lowest BCUT2D eigenvalue weighted by Gasteiger charge is -2.08. The zero-order valence-corrected chi connectivity index (χ0v) is 14.5. The molecule has 26 heavy (non-hydrogen) atoms. The third kappa shape index (κ3) is 3.59. The van der Waals surface area contributed by atoms with Gasteiger partial charge in [0, 0.05) is 11.1 Å². The number of anilines is 1. The van der Waals surface area contributed by atoms with Crippen LogP contribution < -0.4 is 19.5 Å². The molecule has 0 fully saturated rings. The third-order valence-electron chi connectivity index (χ3n) is 3.63. The number of amides is 1. The average Bonchev–Trinajstić information content (AvgIpc) is 3.15. The van der Waals surface area contributed by atoms with Crippen LogP contribution in [0.1, 0.15) is 10.4 Å². The number of aromatic nitrogens is 2. The van der Waals surface area contributed by atoms with Gasteiger partial charge in [-0.1, -0.05) is 5.10 Å². The number of methoxy groups -OCH3 is 3. The highest BCUT2D eigenvalue weighted by atomic mass is 16.5. The molecule has 0 aliphatic rings. The molecule has 0 saturated carbocycles. The molecule has 3 aromatic rings. The molecule has 134 valence electrons. The first-order valence-corrected chi connectivity index (χ1v) is 7.66. The van der Waals surface area contributed by atoms with Gasteiger partial charge < -0.3 is 18.6 Å². The second-order valence-electron chi connectivity index (χ2n) is 5.16. The maximum atomic E-state index is 12.4. The summed E-state index contributed by atoms with van der Waals surface area (Å²) in [6.07, 6.45) is 0. The fourth-order valence-electron chi connectivity index (χ4n) is 2.27. The van der Waals surface area contributed by atoms with E-state index in [-0.39, 0.29) is 11.9 Å². The molecule has 0 radical (unpaired) electrons. The van der Waals surface area contributed by atoms with E-state index in [1.165, 1.54) is 14.2 Å². The Morgan fingerprint density at radius 3 is 2.31 bits per heavy atom. The predicted molar refractivity (Wildman–Crippen MR) is 93.8 cm³/mol. The number of hydrogen-bond acceptors (Lipinski definition) is 7. The highest BCUT2D eigenvalue weighted by molar-refractivity contribution is 6.03. The van der Waals surface area contributed by atoms with Crippen molar-refractivity contribution < 1.29 is 23.4 Å². The van der Waals surface area contributed by atoms with Gasteiger partial charge in [-0.2, -0.15) is 0 Å². The molecule has 0 bridgehead atoms.